The van der Waals surface area contributed by atoms with Gasteiger partial charge in [-0.1, -0.05) is 23.2 Å². The number of halogens is 2. The van der Waals surface area contributed by atoms with Gasteiger partial charge >= 0.3 is 13.6 Å². The summed E-state index contributed by atoms with van der Waals surface area (Å²) in [5, 5.41) is -0.383. The Balaban J connectivity index is 3.20. The van der Waals surface area contributed by atoms with E-state index in [0.717, 1.165) is 0 Å². The molecule has 0 saturated heterocycles. The molecule has 0 radical (unpaired) electrons. The van der Waals surface area contributed by atoms with E-state index >= 15 is 0 Å². The lowest BCUT2D eigenvalue weighted by atomic mass is 10.5. The smallest absolute Gasteiger partial charge is 0.357 e. The molecule has 0 saturated carbocycles. The van der Waals surface area contributed by atoms with Gasteiger partial charge in [0.1, 0.15) is 5.03 Å². The van der Waals surface area contributed by atoms with Crippen molar-refractivity contribution in [3.63, 3.8) is 0 Å². The van der Waals surface area contributed by atoms with Crippen LogP contribution >= 0.6 is 30.8 Å². The zero-order chi connectivity index (χ0) is 15.9. The molecular formula is C10H19Cl2O5PSi2. The van der Waals surface area contributed by atoms with E-state index < -0.39 is 36.0 Å². The SMILES string of the molecule is C[Si](C)(C)OP(=O)(O[Si](C)(C)C)C1OC(=O)C(Cl)=C1Cl. The van der Waals surface area contributed by atoms with Gasteiger partial charge in [-0.05, 0) is 39.3 Å². The van der Waals surface area contributed by atoms with Crippen molar-refractivity contribution in [1.29, 1.82) is 0 Å². The molecule has 0 aromatic heterocycles. The highest BCUT2D eigenvalue weighted by atomic mass is 35.5. The predicted octanol–water partition coefficient (Wildman–Crippen LogP) is 4.45. The van der Waals surface area contributed by atoms with E-state index in [1.54, 1.807) is 0 Å². The zero-order valence-corrected chi connectivity index (χ0v) is 16.7. The van der Waals surface area contributed by atoms with E-state index in [2.05, 4.69) is 0 Å². The molecule has 1 aliphatic rings. The Kier molecular flexibility index (Phi) is 5.41. The largest absolute Gasteiger partial charge is 0.439 e. The predicted molar refractivity (Wildman–Crippen MR) is 85.1 cm³/mol. The number of esters is 1. The van der Waals surface area contributed by atoms with Crippen molar-refractivity contribution < 1.29 is 22.5 Å². The van der Waals surface area contributed by atoms with Gasteiger partial charge in [0.15, 0.2) is 16.6 Å². The van der Waals surface area contributed by atoms with Crippen LogP contribution in [0.4, 0.5) is 0 Å². The summed E-state index contributed by atoms with van der Waals surface area (Å²) in [4.78, 5) is 11.5. The summed E-state index contributed by atoms with van der Waals surface area (Å²) in [6, 6.07) is 0. The number of hydrogen-bond donors (Lipinski definition) is 0. The molecule has 0 aromatic carbocycles. The average Bonchev–Trinajstić information content (AvgIpc) is 2.40. The van der Waals surface area contributed by atoms with Crippen molar-refractivity contribution in [2.75, 3.05) is 0 Å². The van der Waals surface area contributed by atoms with E-state index in [9.17, 15) is 9.36 Å². The molecule has 0 aromatic rings. The molecule has 1 aliphatic heterocycles. The maximum Gasteiger partial charge on any atom is 0.357 e. The minimum absolute atomic E-state index is 0.114. The summed E-state index contributed by atoms with van der Waals surface area (Å²) in [7, 11) is -8.16. The molecule has 5 nitrogen and oxygen atoms in total. The zero-order valence-electron chi connectivity index (χ0n) is 12.3. The first-order valence-electron chi connectivity index (χ1n) is 6.02. The lowest BCUT2D eigenvalue weighted by Crippen LogP contribution is -2.33. The Morgan fingerprint density at radius 3 is 1.70 bits per heavy atom. The second kappa shape index (κ2) is 5.87. The van der Waals surface area contributed by atoms with Crippen LogP contribution in [0, 0.1) is 0 Å². The van der Waals surface area contributed by atoms with Crippen LogP contribution in [0.3, 0.4) is 0 Å². The first-order valence-corrected chi connectivity index (χ1v) is 15.2. The topological polar surface area (TPSA) is 61.8 Å². The summed E-state index contributed by atoms with van der Waals surface area (Å²) in [6.45, 7) is 11.2. The van der Waals surface area contributed by atoms with Gasteiger partial charge in [-0.15, -0.1) is 0 Å². The van der Waals surface area contributed by atoms with E-state index in [1.807, 2.05) is 39.3 Å². The van der Waals surface area contributed by atoms with Gasteiger partial charge in [0.25, 0.3) is 0 Å². The number of carbonyl (C=O) groups is 1. The molecule has 1 rings (SSSR count). The fourth-order valence-electron chi connectivity index (χ4n) is 1.49. The number of carbonyl (C=O) groups excluding carboxylic acids is 1. The fourth-order valence-corrected chi connectivity index (χ4v) is 10.2. The van der Waals surface area contributed by atoms with Crippen LogP contribution in [-0.2, 0) is 22.5 Å². The van der Waals surface area contributed by atoms with Crippen LogP contribution in [0.2, 0.25) is 39.3 Å². The molecule has 20 heavy (non-hydrogen) atoms. The molecule has 0 fully saturated rings. The minimum Gasteiger partial charge on any atom is -0.439 e. The molecule has 1 unspecified atom stereocenters. The summed E-state index contributed by atoms with van der Waals surface area (Å²) < 4.78 is 29.5. The van der Waals surface area contributed by atoms with E-state index in [4.69, 9.17) is 36.4 Å². The first-order chi connectivity index (χ1) is 8.75. The number of ether oxygens (including phenoxy) is 1. The molecule has 0 N–H and O–H groups in total. The van der Waals surface area contributed by atoms with Gasteiger partial charge < -0.3 is 13.2 Å². The van der Waals surface area contributed by atoms with Gasteiger partial charge in [-0.3, -0.25) is 4.57 Å². The second-order valence-corrected chi connectivity index (χ2v) is 18.6. The lowest BCUT2D eigenvalue weighted by molar-refractivity contribution is -0.137. The summed E-state index contributed by atoms with van der Waals surface area (Å²) in [5.74, 6) is -2.07. The molecule has 116 valence electrons. The van der Waals surface area contributed by atoms with Crippen LogP contribution in [-0.4, -0.2) is 28.4 Å². The molecule has 0 spiro atoms. The van der Waals surface area contributed by atoms with Gasteiger partial charge in [-0.25, -0.2) is 4.79 Å². The highest BCUT2D eigenvalue weighted by Crippen LogP contribution is 2.62. The van der Waals surface area contributed by atoms with Crippen LogP contribution in [0.25, 0.3) is 0 Å². The third-order valence-corrected chi connectivity index (χ3v) is 10.3. The Morgan fingerprint density at radius 1 is 1.05 bits per heavy atom. The van der Waals surface area contributed by atoms with Crippen molar-refractivity contribution in [2.45, 2.75) is 45.1 Å². The average molecular weight is 377 g/mol. The minimum atomic E-state index is -3.73. The van der Waals surface area contributed by atoms with Gasteiger partial charge in [0.05, 0.1) is 5.03 Å². The van der Waals surface area contributed by atoms with E-state index in [-0.39, 0.29) is 10.1 Å². The Hall–Kier alpha value is 0.374. The van der Waals surface area contributed by atoms with Crippen molar-refractivity contribution >= 4 is 53.4 Å². The monoisotopic (exact) mass is 376 g/mol. The third-order valence-electron chi connectivity index (χ3n) is 1.91. The van der Waals surface area contributed by atoms with Crippen molar-refractivity contribution in [3.8, 4) is 0 Å². The molecule has 0 bridgehead atoms. The molecule has 10 heteroatoms. The van der Waals surface area contributed by atoms with Crippen molar-refractivity contribution in [3.05, 3.63) is 10.1 Å². The Morgan fingerprint density at radius 2 is 1.45 bits per heavy atom. The molecule has 0 aliphatic carbocycles. The highest BCUT2D eigenvalue weighted by molar-refractivity contribution is 7.58. The number of rotatable bonds is 5. The lowest BCUT2D eigenvalue weighted by Gasteiger charge is -2.33. The first kappa shape index (κ1) is 18.4. The number of cyclic esters (lactones) is 1. The maximum atomic E-state index is 13.1. The number of hydrogen-bond acceptors (Lipinski definition) is 5. The van der Waals surface area contributed by atoms with Gasteiger partial charge in [-0.2, -0.15) is 0 Å². The quantitative estimate of drug-likeness (QED) is 0.402. The van der Waals surface area contributed by atoms with Gasteiger partial charge in [0.2, 0.25) is 5.85 Å². The van der Waals surface area contributed by atoms with E-state index in [1.165, 1.54) is 0 Å². The molecule has 1 atom stereocenters. The molecule has 1 heterocycles. The maximum absolute atomic E-state index is 13.1. The molecule has 0 amide bonds. The van der Waals surface area contributed by atoms with Gasteiger partial charge in [0, 0.05) is 0 Å². The standard InChI is InChI=1S/C10H19Cl2O5PSi2/c1-19(2,3)16-18(14,17-20(4,5)6)10-8(12)7(11)9(13)15-10/h10H,1-6H3. The second-order valence-electron chi connectivity index (χ2n) is 6.37. The van der Waals surface area contributed by atoms with Crippen LogP contribution in [0.5, 0.6) is 0 Å². The van der Waals surface area contributed by atoms with E-state index in [0.29, 0.717) is 0 Å². The Bertz CT molecular complexity index is 475. The van der Waals surface area contributed by atoms with Crippen LogP contribution in [0.1, 0.15) is 0 Å². The Labute approximate surface area is 131 Å². The molecular weight excluding hydrogens is 358 g/mol. The van der Waals surface area contributed by atoms with Crippen LogP contribution < -0.4 is 0 Å². The van der Waals surface area contributed by atoms with Crippen molar-refractivity contribution in [2.24, 2.45) is 0 Å². The summed E-state index contributed by atoms with van der Waals surface area (Å²) >= 11 is 11.7. The summed E-state index contributed by atoms with van der Waals surface area (Å²) in [6.07, 6.45) is 0. The normalized spacial score (nSPS) is 21.4. The highest BCUT2D eigenvalue weighted by Gasteiger charge is 2.51. The van der Waals surface area contributed by atoms with Crippen LogP contribution in [0.15, 0.2) is 10.1 Å². The fraction of sp³-hybridized carbons (Fsp3) is 0.700. The summed E-state index contributed by atoms with van der Waals surface area (Å²) in [5.41, 5.74) is 0. The third kappa shape index (κ3) is 4.69. The van der Waals surface area contributed by atoms with Crippen molar-refractivity contribution in [1.82, 2.24) is 0 Å².